The predicted molar refractivity (Wildman–Crippen MR) is 70.1 cm³/mol. The minimum atomic E-state index is -3.34. The van der Waals surface area contributed by atoms with E-state index >= 15 is 0 Å². The molecule has 18 heavy (non-hydrogen) atoms. The molecule has 0 bridgehead atoms. The van der Waals surface area contributed by atoms with Crippen LogP contribution in [0.15, 0.2) is 17.0 Å². The highest BCUT2D eigenvalue weighted by molar-refractivity contribution is 7.90. The summed E-state index contributed by atoms with van der Waals surface area (Å²) in [5.41, 5.74) is 6.26. The van der Waals surface area contributed by atoms with E-state index in [1.807, 2.05) is 6.92 Å². The van der Waals surface area contributed by atoms with Crippen LogP contribution in [0.2, 0.25) is 0 Å². The van der Waals surface area contributed by atoms with Crippen LogP contribution in [-0.2, 0) is 9.84 Å². The van der Waals surface area contributed by atoms with E-state index in [4.69, 9.17) is 15.2 Å². The van der Waals surface area contributed by atoms with Gasteiger partial charge in [0.25, 0.3) is 0 Å². The maximum absolute atomic E-state index is 11.8. The van der Waals surface area contributed by atoms with Crippen LogP contribution >= 0.6 is 0 Å². The molecule has 0 saturated heterocycles. The number of sulfone groups is 1. The molecule has 0 spiro atoms. The molecule has 0 heterocycles. The van der Waals surface area contributed by atoms with Crippen LogP contribution in [0.1, 0.15) is 18.4 Å². The van der Waals surface area contributed by atoms with E-state index in [0.717, 1.165) is 0 Å². The Morgan fingerprint density at radius 2 is 1.72 bits per heavy atom. The Morgan fingerprint density at radius 1 is 1.22 bits per heavy atom. The van der Waals surface area contributed by atoms with Crippen molar-refractivity contribution in [1.29, 1.82) is 0 Å². The van der Waals surface area contributed by atoms with Gasteiger partial charge in [-0.2, -0.15) is 0 Å². The van der Waals surface area contributed by atoms with Crippen LogP contribution in [0, 0.1) is 0 Å². The summed E-state index contributed by atoms with van der Waals surface area (Å²) in [5.74, 6) is 0.820. The third-order valence-corrected chi connectivity index (χ3v) is 3.95. The van der Waals surface area contributed by atoms with Crippen molar-refractivity contribution in [2.75, 3.05) is 27.0 Å². The van der Waals surface area contributed by atoms with Crippen molar-refractivity contribution < 1.29 is 17.9 Å². The van der Waals surface area contributed by atoms with Gasteiger partial charge in [0.05, 0.1) is 19.1 Å². The normalized spacial score (nSPS) is 13.2. The molecule has 0 aliphatic carbocycles. The molecule has 0 saturated carbocycles. The van der Waals surface area contributed by atoms with Gasteiger partial charge < -0.3 is 15.2 Å². The number of nitrogens with two attached hydrogens (primary N) is 1. The van der Waals surface area contributed by atoms with E-state index in [-0.39, 0.29) is 10.8 Å². The van der Waals surface area contributed by atoms with E-state index in [1.165, 1.54) is 26.5 Å². The van der Waals surface area contributed by atoms with Crippen LogP contribution in [0.25, 0.3) is 0 Å². The molecule has 1 atom stereocenters. The number of hydrogen-bond donors (Lipinski definition) is 1. The van der Waals surface area contributed by atoms with Crippen molar-refractivity contribution in [2.45, 2.75) is 17.7 Å². The lowest BCUT2D eigenvalue weighted by Gasteiger charge is -2.17. The summed E-state index contributed by atoms with van der Waals surface area (Å²) in [6, 6.07) is 3.16. The van der Waals surface area contributed by atoms with Crippen molar-refractivity contribution >= 4 is 9.84 Å². The molecule has 1 aromatic carbocycles. The fourth-order valence-electron chi connectivity index (χ4n) is 1.71. The van der Waals surface area contributed by atoms with Gasteiger partial charge in [-0.05, 0) is 24.1 Å². The number of benzene rings is 1. The molecule has 0 fully saturated rings. The second-order valence-corrected chi connectivity index (χ2v) is 6.14. The number of methoxy groups -OCH3 is 2. The SMILES string of the molecule is COc1cc(C(C)CN)c(S(C)(=O)=O)cc1OC. The zero-order valence-electron chi connectivity index (χ0n) is 11.1. The first kappa shape index (κ1) is 14.8. The zero-order chi connectivity index (χ0) is 13.9. The van der Waals surface area contributed by atoms with Crippen LogP contribution < -0.4 is 15.2 Å². The average Bonchev–Trinajstić information content (AvgIpc) is 2.34. The van der Waals surface area contributed by atoms with Gasteiger partial charge in [0, 0.05) is 12.3 Å². The van der Waals surface area contributed by atoms with Crippen molar-refractivity contribution in [1.82, 2.24) is 0 Å². The Kier molecular flexibility index (Phi) is 4.59. The van der Waals surface area contributed by atoms with E-state index in [1.54, 1.807) is 6.07 Å². The summed E-state index contributed by atoms with van der Waals surface area (Å²) in [5, 5.41) is 0. The Hall–Kier alpha value is -1.27. The lowest BCUT2D eigenvalue weighted by Crippen LogP contribution is -2.13. The molecular weight excluding hydrogens is 254 g/mol. The molecule has 1 unspecified atom stereocenters. The standard InChI is InChI=1S/C12H19NO4S/c1-8(7-13)9-5-10(16-2)11(17-3)6-12(9)18(4,14)15/h5-6,8H,7,13H2,1-4H3. The van der Waals surface area contributed by atoms with E-state index in [9.17, 15) is 8.42 Å². The van der Waals surface area contributed by atoms with Gasteiger partial charge in [-0.25, -0.2) is 8.42 Å². The molecule has 1 aromatic rings. The largest absolute Gasteiger partial charge is 0.493 e. The first-order chi connectivity index (χ1) is 8.35. The molecule has 6 heteroatoms. The maximum atomic E-state index is 11.8. The highest BCUT2D eigenvalue weighted by Gasteiger charge is 2.21. The van der Waals surface area contributed by atoms with Gasteiger partial charge in [-0.1, -0.05) is 6.92 Å². The quantitative estimate of drug-likeness (QED) is 0.871. The van der Waals surface area contributed by atoms with Gasteiger partial charge in [0.2, 0.25) is 0 Å². The molecule has 1 rings (SSSR count). The summed E-state index contributed by atoms with van der Waals surface area (Å²) in [7, 11) is -0.360. The van der Waals surface area contributed by atoms with Crippen LogP contribution in [0.3, 0.4) is 0 Å². The Bertz CT molecular complexity index is 525. The summed E-state index contributed by atoms with van der Waals surface area (Å²) >= 11 is 0. The third kappa shape index (κ3) is 2.94. The minimum Gasteiger partial charge on any atom is -0.493 e. The average molecular weight is 273 g/mol. The molecule has 0 aliphatic heterocycles. The summed E-state index contributed by atoms with van der Waals surface area (Å²) < 4.78 is 33.9. The first-order valence-electron chi connectivity index (χ1n) is 5.51. The van der Waals surface area contributed by atoms with E-state index in [2.05, 4.69) is 0 Å². The van der Waals surface area contributed by atoms with Crippen LogP contribution in [0.5, 0.6) is 11.5 Å². The van der Waals surface area contributed by atoms with Gasteiger partial charge >= 0.3 is 0 Å². The molecule has 0 radical (unpaired) electrons. The van der Waals surface area contributed by atoms with Crippen molar-refractivity contribution in [3.63, 3.8) is 0 Å². The summed E-state index contributed by atoms with van der Waals surface area (Å²) in [4.78, 5) is 0.234. The van der Waals surface area contributed by atoms with Crippen LogP contribution in [0.4, 0.5) is 0 Å². The lowest BCUT2D eigenvalue weighted by atomic mass is 10.0. The maximum Gasteiger partial charge on any atom is 0.175 e. The fourth-order valence-corrected chi connectivity index (χ4v) is 2.72. The second-order valence-electron chi connectivity index (χ2n) is 4.15. The summed E-state index contributed by atoms with van der Waals surface area (Å²) in [6.07, 6.45) is 1.17. The van der Waals surface area contributed by atoms with E-state index < -0.39 is 9.84 Å². The second kappa shape index (κ2) is 5.58. The van der Waals surface area contributed by atoms with Gasteiger partial charge in [0.1, 0.15) is 0 Å². The Morgan fingerprint density at radius 3 is 2.11 bits per heavy atom. The molecular formula is C12H19NO4S. The Labute approximate surface area is 108 Å². The minimum absolute atomic E-state index is 0.0745. The van der Waals surface area contributed by atoms with Crippen molar-refractivity contribution in [3.8, 4) is 11.5 Å². The smallest absolute Gasteiger partial charge is 0.175 e. The Balaban J connectivity index is 3.56. The molecule has 0 aromatic heterocycles. The lowest BCUT2D eigenvalue weighted by molar-refractivity contribution is 0.353. The highest BCUT2D eigenvalue weighted by atomic mass is 32.2. The molecule has 2 N–H and O–H groups in total. The fraction of sp³-hybridized carbons (Fsp3) is 0.500. The predicted octanol–water partition coefficient (Wildman–Crippen LogP) is 1.17. The summed E-state index contributed by atoms with van der Waals surface area (Å²) in [6.45, 7) is 2.23. The number of rotatable bonds is 5. The van der Waals surface area contributed by atoms with Crippen LogP contribution in [-0.4, -0.2) is 35.4 Å². The van der Waals surface area contributed by atoms with Crippen molar-refractivity contribution in [2.24, 2.45) is 5.73 Å². The third-order valence-electron chi connectivity index (χ3n) is 2.80. The molecule has 102 valence electrons. The molecule has 0 amide bonds. The monoisotopic (exact) mass is 273 g/mol. The first-order valence-corrected chi connectivity index (χ1v) is 7.40. The topological polar surface area (TPSA) is 78.6 Å². The molecule has 0 aliphatic rings. The zero-order valence-corrected chi connectivity index (χ0v) is 11.9. The van der Waals surface area contributed by atoms with Gasteiger partial charge in [0.15, 0.2) is 21.3 Å². The number of ether oxygens (including phenoxy) is 2. The van der Waals surface area contributed by atoms with Crippen molar-refractivity contribution in [3.05, 3.63) is 17.7 Å². The van der Waals surface area contributed by atoms with E-state index in [0.29, 0.717) is 23.6 Å². The van der Waals surface area contributed by atoms with Gasteiger partial charge in [-0.15, -0.1) is 0 Å². The molecule has 5 nitrogen and oxygen atoms in total. The highest BCUT2D eigenvalue weighted by Crippen LogP contribution is 2.35. The number of hydrogen-bond acceptors (Lipinski definition) is 5. The van der Waals surface area contributed by atoms with Gasteiger partial charge in [-0.3, -0.25) is 0 Å².